The summed E-state index contributed by atoms with van der Waals surface area (Å²) in [6.45, 7) is 3.83. The van der Waals surface area contributed by atoms with Crippen LogP contribution in [0.25, 0.3) is 0 Å². The van der Waals surface area contributed by atoms with Crippen molar-refractivity contribution < 1.29 is 14.3 Å². The molecule has 0 fully saturated rings. The zero-order valence-electron chi connectivity index (χ0n) is 11.4. The molecule has 4 heteroatoms. The molecule has 1 aromatic carbocycles. The van der Waals surface area contributed by atoms with Gasteiger partial charge >= 0.3 is 5.97 Å². The van der Waals surface area contributed by atoms with Crippen molar-refractivity contribution in [3.05, 3.63) is 29.8 Å². The van der Waals surface area contributed by atoms with E-state index in [1.165, 1.54) is 7.11 Å². The molecule has 18 heavy (non-hydrogen) atoms. The Labute approximate surface area is 108 Å². The van der Waals surface area contributed by atoms with Crippen LogP contribution in [0.1, 0.15) is 19.4 Å². The van der Waals surface area contributed by atoms with E-state index in [1.54, 1.807) is 14.0 Å². The van der Waals surface area contributed by atoms with Crippen LogP contribution >= 0.6 is 0 Å². The van der Waals surface area contributed by atoms with E-state index >= 15 is 0 Å². The Morgan fingerprint density at radius 1 is 1.28 bits per heavy atom. The third-order valence-corrected chi connectivity index (χ3v) is 2.81. The van der Waals surface area contributed by atoms with Crippen LogP contribution in [0.5, 0.6) is 5.75 Å². The average Bonchev–Trinajstić information content (AvgIpc) is 2.38. The van der Waals surface area contributed by atoms with Gasteiger partial charge in [0.05, 0.1) is 14.2 Å². The van der Waals surface area contributed by atoms with Gasteiger partial charge in [0.2, 0.25) is 0 Å². The molecule has 1 N–H and O–H groups in total. The molecule has 0 aliphatic heterocycles. The minimum atomic E-state index is -0.306. The van der Waals surface area contributed by atoms with Crippen molar-refractivity contribution in [2.24, 2.45) is 0 Å². The number of para-hydroxylation sites is 1. The highest BCUT2D eigenvalue weighted by Crippen LogP contribution is 2.18. The van der Waals surface area contributed by atoms with Gasteiger partial charge in [-0.3, -0.25) is 4.79 Å². The second-order valence-corrected chi connectivity index (χ2v) is 4.33. The first-order valence-corrected chi connectivity index (χ1v) is 6.04. The molecule has 4 nitrogen and oxygen atoms in total. The molecule has 100 valence electrons. The highest BCUT2D eigenvalue weighted by Gasteiger charge is 2.16. The molecule has 0 radical (unpaired) electrons. The van der Waals surface area contributed by atoms with E-state index in [4.69, 9.17) is 4.74 Å². The highest BCUT2D eigenvalue weighted by atomic mass is 16.5. The lowest BCUT2D eigenvalue weighted by Gasteiger charge is -2.19. The zero-order valence-corrected chi connectivity index (χ0v) is 11.4. The van der Waals surface area contributed by atoms with Crippen molar-refractivity contribution in [2.75, 3.05) is 14.2 Å². The number of hydrogen-bond donors (Lipinski definition) is 1. The Hall–Kier alpha value is -1.55. The SMILES string of the molecule is COC(=O)C(C)NC(C)Cc1ccccc1OC. The van der Waals surface area contributed by atoms with Crippen LogP contribution in [0.4, 0.5) is 0 Å². The summed E-state index contributed by atoms with van der Waals surface area (Å²) in [7, 11) is 3.05. The van der Waals surface area contributed by atoms with Crippen molar-refractivity contribution in [1.29, 1.82) is 0 Å². The van der Waals surface area contributed by atoms with Crippen LogP contribution in [-0.2, 0) is 16.0 Å². The maximum atomic E-state index is 11.3. The summed E-state index contributed by atoms with van der Waals surface area (Å²) < 4.78 is 9.98. The Balaban J connectivity index is 2.59. The summed E-state index contributed by atoms with van der Waals surface area (Å²) in [6.07, 6.45) is 0.797. The van der Waals surface area contributed by atoms with Crippen LogP contribution in [0, 0.1) is 0 Å². The van der Waals surface area contributed by atoms with Gasteiger partial charge < -0.3 is 14.8 Å². The first kappa shape index (κ1) is 14.5. The normalized spacial score (nSPS) is 13.8. The molecule has 0 aromatic heterocycles. The molecule has 0 saturated heterocycles. The number of hydrogen-bond acceptors (Lipinski definition) is 4. The largest absolute Gasteiger partial charge is 0.496 e. The Bertz CT molecular complexity index is 392. The van der Waals surface area contributed by atoms with E-state index in [2.05, 4.69) is 10.1 Å². The molecule has 0 bridgehead atoms. The number of methoxy groups -OCH3 is 2. The summed E-state index contributed by atoms with van der Waals surface area (Å²) in [5, 5.41) is 3.20. The molecule has 0 aliphatic rings. The van der Waals surface area contributed by atoms with E-state index in [9.17, 15) is 4.79 Å². The smallest absolute Gasteiger partial charge is 0.322 e. The second kappa shape index (κ2) is 7.01. The minimum absolute atomic E-state index is 0.162. The van der Waals surface area contributed by atoms with Crippen molar-refractivity contribution in [3.8, 4) is 5.75 Å². The van der Waals surface area contributed by atoms with Gasteiger partial charge in [0.25, 0.3) is 0 Å². The molecule has 2 atom stereocenters. The monoisotopic (exact) mass is 251 g/mol. The first-order chi connectivity index (χ1) is 8.58. The standard InChI is InChI=1S/C14H21NO3/c1-10(15-11(2)14(16)18-4)9-12-7-5-6-8-13(12)17-3/h5-8,10-11,15H,9H2,1-4H3. The predicted molar refractivity (Wildman–Crippen MR) is 70.8 cm³/mol. The van der Waals surface area contributed by atoms with Crippen molar-refractivity contribution in [2.45, 2.75) is 32.4 Å². The number of nitrogens with one attached hydrogen (secondary N) is 1. The predicted octanol–water partition coefficient (Wildman–Crippen LogP) is 1.78. The molecule has 0 saturated carbocycles. The summed E-state index contributed by atoms with van der Waals surface area (Å²) in [6, 6.07) is 7.74. The lowest BCUT2D eigenvalue weighted by atomic mass is 10.1. The van der Waals surface area contributed by atoms with E-state index in [-0.39, 0.29) is 18.1 Å². The van der Waals surface area contributed by atoms with Gasteiger partial charge in [0.15, 0.2) is 0 Å². The van der Waals surface area contributed by atoms with Gasteiger partial charge in [-0.15, -0.1) is 0 Å². The topological polar surface area (TPSA) is 47.6 Å². The van der Waals surface area contributed by atoms with Gasteiger partial charge in [-0.05, 0) is 31.9 Å². The lowest BCUT2D eigenvalue weighted by Crippen LogP contribution is -2.41. The molecular weight excluding hydrogens is 230 g/mol. The molecule has 0 spiro atoms. The third kappa shape index (κ3) is 4.04. The molecule has 0 amide bonds. The van der Waals surface area contributed by atoms with Crippen LogP contribution < -0.4 is 10.1 Å². The summed E-state index contributed by atoms with van der Waals surface area (Å²) in [5.74, 6) is 0.624. The number of carbonyl (C=O) groups is 1. The van der Waals surface area contributed by atoms with E-state index in [1.807, 2.05) is 31.2 Å². The summed E-state index contributed by atoms with van der Waals surface area (Å²) in [5.41, 5.74) is 1.12. The second-order valence-electron chi connectivity index (χ2n) is 4.33. The molecule has 2 unspecified atom stereocenters. The van der Waals surface area contributed by atoms with E-state index < -0.39 is 0 Å². The minimum Gasteiger partial charge on any atom is -0.496 e. The number of carbonyl (C=O) groups excluding carboxylic acids is 1. The summed E-state index contributed by atoms with van der Waals surface area (Å²) in [4.78, 5) is 11.3. The highest BCUT2D eigenvalue weighted by molar-refractivity contribution is 5.75. The molecule has 0 aliphatic carbocycles. The fraction of sp³-hybridized carbons (Fsp3) is 0.500. The maximum absolute atomic E-state index is 11.3. The number of rotatable bonds is 6. The first-order valence-electron chi connectivity index (χ1n) is 6.04. The van der Waals surface area contributed by atoms with E-state index in [0.29, 0.717) is 0 Å². The average molecular weight is 251 g/mol. The Kier molecular flexibility index (Phi) is 5.65. The van der Waals surface area contributed by atoms with Crippen molar-refractivity contribution >= 4 is 5.97 Å². The van der Waals surface area contributed by atoms with Crippen LogP contribution in [0.2, 0.25) is 0 Å². The number of esters is 1. The van der Waals surface area contributed by atoms with Gasteiger partial charge in [0, 0.05) is 6.04 Å². The zero-order chi connectivity index (χ0) is 13.5. The molecule has 0 heterocycles. The molecule has 1 rings (SSSR count). The van der Waals surface area contributed by atoms with Gasteiger partial charge in [0.1, 0.15) is 11.8 Å². The summed E-state index contributed by atoms with van der Waals surface area (Å²) >= 11 is 0. The number of benzene rings is 1. The van der Waals surface area contributed by atoms with E-state index in [0.717, 1.165) is 17.7 Å². The van der Waals surface area contributed by atoms with Gasteiger partial charge in [-0.2, -0.15) is 0 Å². The van der Waals surface area contributed by atoms with Crippen LogP contribution in [-0.4, -0.2) is 32.3 Å². The van der Waals surface area contributed by atoms with Gasteiger partial charge in [-0.25, -0.2) is 0 Å². The Morgan fingerprint density at radius 2 is 1.94 bits per heavy atom. The maximum Gasteiger partial charge on any atom is 0.322 e. The lowest BCUT2D eigenvalue weighted by molar-refractivity contribution is -0.142. The van der Waals surface area contributed by atoms with Crippen LogP contribution in [0.15, 0.2) is 24.3 Å². The quantitative estimate of drug-likeness (QED) is 0.783. The molecular formula is C14H21NO3. The Morgan fingerprint density at radius 3 is 2.56 bits per heavy atom. The molecule has 1 aromatic rings. The van der Waals surface area contributed by atoms with Crippen LogP contribution in [0.3, 0.4) is 0 Å². The number of ether oxygens (including phenoxy) is 2. The van der Waals surface area contributed by atoms with Crippen molar-refractivity contribution in [1.82, 2.24) is 5.32 Å². The fourth-order valence-electron chi connectivity index (χ4n) is 1.93. The third-order valence-electron chi connectivity index (χ3n) is 2.81. The van der Waals surface area contributed by atoms with Crippen molar-refractivity contribution in [3.63, 3.8) is 0 Å². The van der Waals surface area contributed by atoms with Gasteiger partial charge in [-0.1, -0.05) is 18.2 Å². The fourth-order valence-corrected chi connectivity index (χ4v) is 1.93.